The zero-order valence-electron chi connectivity index (χ0n) is 12.4. The monoisotopic (exact) mass is 276 g/mol. The van der Waals surface area contributed by atoms with Crippen molar-refractivity contribution in [2.45, 2.75) is 51.1 Å². The molecule has 2 nitrogen and oxygen atoms in total. The third-order valence-electron chi connectivity index (χ3n) is 4.95. The number of anilines is 1. The van der Waals surface area contributed by atoms with Crippen LogP contribution in [0.15, 0.2) is 18.2 Å². The molecule has 3 heteroatoms. The summed E-state index contributed by atoms with van der Waals surface area (Å²) in [5, 5.41) is 3.08. The summed E-state index contributed by atoms with van der Waals surface area (Å²) >= 11 is 0. The van der Waals surface area contributed by atoms with E-state index in [0.29, 0.717) is 6.04 Å². The zero-order valence-corrected chi connectivity index (χ0v) is 12.4. The quantitative estimate of drug-likeness (QED) is 0.905. The summed E-state index contributed by atoms with van der Waals surface area (Å²) in [6, 6.07) is 6.31. The van der Waals surface area contributed by atoms with Gasteiger partial charge < -0.3 is 10.2 Å². The van der Waals surface area contributed by atoms with E-state index in [2.05, 4.69) is 16.3 Å². The minimum Gasteiger partial charge on any atom is -0.366 e. The lowest BCUT2D eigenvalue weighted by atomic mass is 9.78. The molecular formula is C17H25FN2. The van der Waals surface area contributed by atoms with Crippen molar-refractivity contribution in [2.24, 2.45) is 5.92 Å². The van der Waals surface area contributed by atoms with Gasteiger partial charge in [0.1, 0.15) is 5.82 Å². The highest BCUT2D eigenvalue weighted by atomic mass is 19.1. The second-order valence-electron chi connectivity index (χ2n) is 6.26. The predicted molar refractivity (Wildman–Crippen MR) is 81.5 cm³/mol. The Bertz CT molecular complexity index is 458. The maximum absolute atomic E-state index is 14.4. The van der Waals surface area contributed by atoms with Gasteiger partial charge in [-0.25, -0.2) is 4.39 Å². The van der Waals surface area contributed by atoms with Crippen LogP contribution < -0.4 is 10.2 Å². The number of rotatable bonds is 3. The molecule has 1 saturated heterocycles. The second-order valence-corrected chi connectivity index (χ2v) is 6.26. The van der Waals surface area contributed by atoms with Gasteiger partial charge in [0.25, 0.3) is 0 Å². The Labute approximate surface area is 121 Å². The van der Waals surface area contributed by atoms with Crippen molar-refractivity contribution in [1.82, 2.24) is 5.32 Å². The smallest absolute Gasteiger partial charge is 0.146 e. The van der Waals surface area contributed by atoms with E-state index in [4.69, 9.17) is 0 Å². The molecular weight excluding hydrogens is 251 g/mol. The van der Waals surface area contributed by atoms with Crippen molar-refractivity contribution in [3.05, 3.63) is 29.6 Å². The molecule has 1 aromatic carbocycles. The lowest BCUT2D eigenvalue weighted by Gasteiger charge is -2.45. The van der Waals surface area contributed by atoms with E-state index in [1.165, 1.54) is 38.5 Å². The van der Waals surface area contributed by atoms with Crippen molar-refractivity contribution in [3.63, 3.8) is 0 Å². The van der Waals surface area contributed by atoms with Crippen LogP contribution in [0.2, 0.25) is 0 Å². The first-order valence-corrected chi connectivity index (χ1v) is 7.99. The summed E-state index contributed by atoms with van der Waals surface area (Å²) in [5.41, 5.74) is 1.84. The largest absolute Gasteiger partial charge is 0.366 e. The van der Waals surface area contributed by atoms with Crippen molar-refractivity contribution in [3.8, 4) is 0 Å². The van der Waals surface area contributed by atoms with E-state index in [1.807, 2.05) is 13.1 Å². The van der Waals surface area contributed by atoms with E-state index in [-0.39, 0.29) is 5.82 Å². The Hall–Kier alpha value is -1.09. The molecule has 0 aromatic heterocycles. The van der Waals surface area contributed by atoms with Crippen molar-refractivity contribution in [1.29, 1.82) is 0 Å². The maximum Gasteiger partial charge on any atom is 0.146 e. The average Bonchev–Trinajstić information content (AvgIpc) is 2.47. The normalized spacial score (nSPS) is 26.4. The van der Waals surface area contributed by atoms with Gasteiger partial charge >= 0.3 is 0 Å². The second kappa shape index (κ2) is 6.13. The van der Waals surface area contributed by atoms with Crippen LogP contribution in [-0.2, 0) is 6.54 Å². The Morgan fingerprint density at radius 1 is 1.20 bits per heavy atom. The van der Waals surface area contributed by atoms with Crippen LogP contribution in [0, 0.1) is 11.7 Å². The predicted octanol–water partition coefficient (Wildman–Crippen LogP) is 3.70. The summed E-state index contributed by atoms with van der Waals surface area (Å²) in [6.07, 6.45) is 7.78. The lowest BCUT2D eigenvalue weighted by molar-refractivity contribution is 0.242. The summed E-state index contributed by atoms with van der Waals surface area (Å²) in [5.74, 6) is 0.734. The fraction of sp³-hybridized carbons (Fsp3) is 0.647. The molecule has 2 atom stereocenters. The zero-order chi connectivity index (χ0) is 13.9. The van der Waals surface area contributed by atoms with Gasteiger partial charge in [-0.3, -0.25) is 0 Å². The maximum atomic E-state index is 14.4. The number of piperidine rings is 1. The first-order valence-electron chi connectivity index (χ1n) is 7.99. The molecule has 1 aliphatic heterocycles. The molecule has 2 aliphatic rings. The third kappa shape index (κ3) is 2.69. The molecule has 0 spiro atoms. The average molecular weight is 276 g/mol. The number of nitrogens with zero attached hydrogens (tertiary/aromatic N) is 1. The molecule has 0 unspecified atom stereocenters. The van der Waals surface area contributed by atoms with Gasteiger partial charge in [-0.05, 0) is 56.3 Å². The van der Waals surface area contributed by atoms with E-state index in [9.17, 15) is 4.39 Å². The van der Waals surface area contributed by atoms with Crippen molar-refractivity contribution in [2.75, 3.05) is 18.5 Å². The molecule has 110 valence electrons. The van der Waals surface area contributed by atoms with Gasteiger partial charge in [-0.1, -0.05) is 18.9 Å². The molecule has 1 aliphatic carbocycles. The van der Waals surface area contributed by atoms with Crippen LogP contribution >= 0.6 is 0 Å². The minimum absolute atomic E-state index is 0.0519. The molecule has 3 rings (SSSR count). The number of hydrogen-bond donors (Lipinski definition) is 1. The van der Waals surface area contributed by atoms with Gasteiger partial charge in [0.2, 0.25) is 0 Å². The third-order valence-corrected chi connectivity index (χ3v) is 4.95. The molecule has 1 N–H and O–H groups in total. The molecule has 1 saturated carbocycles. The van der Waals surface area contributed by atoms with Crippen molar-refractivity contribution < 1.29 is 4.39 Å². The molecule has 20 heavy (non-hydrogen) atoms. The number of benzene rings is 1. The van der Waals surface area contributed by atoms with Crippen LogP contribution in [0.3, 0.4) is 0 Å². The molecule has 2 fully saturated rings. The van der Waals surface area contributed by atoms with Gasteiger partial charge in [-0.2, -0.15) is 0 Å². The SMILES string of the molecule is CNCc1ccc(N2CCC[C@H]3CCCC[C@H]32)c(F)c1. The summed E-state index contributed by atoms with van der Waals surface area (Å²) in [4.78, 5) is 2.35. The lowest BCUT2D eigenvalue weighted by Crippen LogP contribution is -2.47. The Kier molecular flexibility index (Phi) is 4.25. The van der Waals surface area contributed by atoms with Gasteiger partial charge in [0, 0.05) is 19.1 Å². The fourth-order valence-corrected chi connectivity index (χ4v) is 4.02. The summed E-state index contributed by atoms with van der Waals surface area (Å²) < 4.78 is 14.4. The van der Waals surface area contributed by atoms with Crippen LogP contribution in [0.5, 0.6) is 0 Å². The summed E-state index contributed by atoms with van der Waals surface area (Å²) in [7, 11) is 1.89. The highest BCUT2D eigenvalue weighted by molar-refractivity contribution is 5.51. The fourth-order valence-electron chi connectivity index (χ4n) is 4.02. The topological polar surface area (TPSA) is 15.3 Å². The van der Waals surface area contributed by atoms with E-state index in [0.717, 1.165) is 30.3 Å². The Morgan fingerprint density at radius 2 is 2.00 bits per heavy atom. The Balaban J connectivity index is 1.83. The standard InChI is InChI=1S/C17H25FN2/c1-19-12-13-8-9-17(15(18)11-13)20-10-4-6-14-5-2-3-7-16(14)20/h8-9,11,14,16,19H,2-7,10,12H2,1H3/t14-,16-/m1/s1. The van der Waals surface area contributed by atoms with Crippen LogP contribution in [0.1, 0.15) is 44.1 Å². The van der Waals surface area contributed by atoms with Crippen LogP contribution in [0.4, 0.5) is 10.1 Å². The first-order chi connectivity index (χ1) is 9.79. The van der Waals surface area contributed by atoms with Crippen LogP contribution in [-0.4, -0.2) is 19.6 Å². The molecule has 0 amide bonds. The summed E-state index contributed by atoms with van der Waals surface area (Å²) in [6.45, 7) is 1.74. The number of nitrogens with one attached hydrogen (secondary N) is 1. The van der Waals surface area contributed by atoms with Crippen LogP contribution in [0.25, 0.3) is 0 Å². The highest BCUT2D eigenvalue weighted by Gasteiger charge is 2.34. The van der Waals surface area contributed by atoms with E-state index < -0.39 is 0 Å². The molecule has 1 aromatic rings. The minimum atomic E-state index is -0.0519. The van der Waals surface area contributed by atoms with Gasteiger partial charge in [-0.15, -0.1) is 0 Å². The number of hydrogen-bond acceptors (Lipinski definition) is 2. The van der Waals surface area contributed by atoms with Gasteiger partial charge in [0.15, 0.2) is 0 Å². The van der Waals surface area contributed by atoms with Crippen molar-refractivity contribution >= 4 is 5.69 Å². The Morgan fingerprint density at radius 3 is 2.80 bits per heavy atom. The molecule has 1 heterocycles. The number of halogens is 1. The molecule has 0 bridgehead atoms. The van der Waals surface area contributed by atoms with Gasteiger partial charge in [0.05, 0.1) is 5.69 Å². The van der Waals surface area contributed by atoms with E-state index >= 15 is 0 Å². The first kappa shape index (κ1) is 13.9. The number of fused-ring (bicyclic) bond motifs is 1. The highest BCUT2D eigenvalue weighted by Crippen LogP contribution is 2.38. The van der Waals surface area contributed by atoms with E-state index in [1.54, 1.807) is 6.07 Å². The molecule has 0 radical (unpaired) electrons.